The van der Waals surface area contributed by atoms with Crippen molar-refractivity contribution < 1.29 is 0 Å². The van der Waals surface area contributed by atoms with E-state index >= 15 is 0 Å². The molecule has 1 heterocycles. The highest BCUT2D eigenvalue weighted by atomic mass is 79.9. The summed E-state index contributed by atoms with van der Waals surface area (Å²) in [6.07, 6.45) is 3.11. The highest BCUT2D eigenvalue weighted by molar-refractivity contribution is 9.10. The first-order chi connectivity index (χ1) is 6.25. The summed E-state index contributed by atoms with van der Waals surface area (Å²) in [4.78, 5) is 4.46. The van der Waals surface area contributed by atoms with Gasteiger partial charge in [0.15, 0.2) is 0 Å². The second-order valence-electron chi connectivity index (χ2n) is 3.12. The Morgan fingerprint density at radius 2 is 2.23 bits per heavy atom. The molecule has 0 bridgehead atoms. The summed E-state index contributed by atoms with van der Waals surface area (Å²) < 4.78 is 1.11. The third-order valence-electron chi connectivity index (χ3n) is 2.06. The lowest BCUT2D eigenvalue weighted by Gasteiger charge is -2.00. The van der Waals surface area contributed by atoms with E-state index in [4.69, 9.17) is 0 Å². The van der Waals surface area contributed by atoms with Gasteiger partial charge in [-0.3, -0.25) is 4.99 Å². The molecule has 0 amide bonds. The molecule has 0 saturated carbocycles. The van der Waals surface area contributed by atoms with E-state index in [-0.39, 0.29) is 0 Å². The first-order valence-electron chi connectivity index (χ1n) is 4.26. The van der Waals surface area contributed by atoms with Crippen molar-refractivity contribution in [2.75, 3.05) is 0 Å². The summed E-state index contributed by atoms with van der Waals surface area (Å²) in [6.45, 7) is 2.03. The number of hydrogen-bond donors (Lipinski definition) is 0. The minimum Gasteiger partial charge on any atom is -0.258 e. The van der Waals surface area contributed by atoms with E-state index in [1.165, 1.54) is 11.3 Å². The van der Waals surface area contributed by atoms with Crippen LogP contribution in [0.1, 0.15) is 18.9 Å². The Morgan fingerprint density at radius 1 is 1.38 bits per heavy atom. The second-order valence-corrected chi connectivity index (χ2v) is 4.03. The van der Waals surface area contributed by atoms with Crippen LogP contribution in [0.5, 0.6) is 0 Å². The minimum absolute atomic E-state index is 0.961. The van der Waals surface area contributed by atoms with Gasteiger partial charge in [0.05, 0.1) is 5.71 Å². The van der Waals surface area contributed by atoms with Gasteiger partial charge >= 0.3 is 0 Å². The minimum atomic E-state index is 0.961. The number of nitrogens with zero attached hydrogens (tertiary/aromatic N) is 1. The Morgan fingerprint density at radius 3 is 2.85 bits per heavy atom. The molecule has 0 unspecified atom stereocenters. The van der Waals surface area contributed by atoms with Crippen LogP contribution < -0.4 is 0 Å². The highest BCUT2D eigenvalue weighted by Crippen LogP contribution is 2.18. The smallest absolute Gasteiger partial charge is 0.0517 e. The van der Waals surface area contributed by atoms with Crippen LogP contribution in [0.3, 0.4) is 0 Å². The van der Waals surface area contributed by atoms with Gasteiger partial charge in [0.2, 0.25) is 0 Å². The Bertz CT molecular complexity index is 391. The van der Waals surface area contributed by atoms with Gasteiger partial charge in [-0.2, -0.15) is 0 Å². The summed E-state index contributed by atoms with van der Waals surface area (Å²) in [7, 11) is 0. The van der Waals surface area contributed by atoms with Crippen LogP contribution in [0.25, 0.3) is 0 Å². The molecule has 2 rings (SSSR count). The molecule has 2 heteroatoms. The van der Waals surface area contributed by atoms with E-state index < -0.39 is 0 Å². The molecular weight excluding hydrogens is 226 g/mol. The quantitative estimate of drug-likeness (QED) is 0.707. The van der Waals surface area contributed by atoms with Gasteiger partial charge in [-0.25, -0.2) is 0 Å². The molecule has 0 aromatic heterocycles. The topological polar surface area (TPSA) is 12.4 Å². The van der Waals surface area contributed by atoms with Crippen LogP contribution in [0.2, 0.25) is 0 Å². The van der Waals surface area contributed by atoms with Gasteiger partial charge in [-0.05, 0) is 24.6 Å². The fourth-order valence-electron chi connectivity index (χ4n) is 1.40. The summed E-state index contributed by atoms with van der Waals surface area (Å²) in [5.74, 6) is 0. The molecule has 0 aliphatic carbocycles. The molecule has 1 aliphatic rings. The van der Waals surface area contributed by atoms with Crippen molar-refractivity contribution in [3.05, 3.63) is 46.1 Å². The third-order valence-corrected chi connectivity index (χ3v) is 2.55. The number of aliphatic imine (C=N–C) groups is 1. The lowest BCUT2D eigenvalue weighted by atomic mass is 10.1. The molecule has 66 valence electrons. The van der Waals surface area contributed by atoms with Crippen molar-refractivity contribution in [2.24, 2.45) is 4.99 Å². The number of benzene rings is 1. The van der Waals surface area contributed by atoms with E-state index in [0.717, 1.165) is 16.6 Å². The lowest BCUT2D eigenvalue weighted by Crippen LogP contribution is -1.95. The summed E-state index contributed by atoms with van der Waals surface area (Å²) in [5.41, 5.74) is 3.50. The van der Waals surface area contributed by atoms with Crippen molar-refractivity contribution in [3.63, 3.8) is 0 Å². The first kappa shape index (κ1) is 8.70. The average molecular weight is 236 g/mol. The lowest BCUT2D eigenvalue weighted by molar-refractivity contribution is 1.33. The molecular formula is C11H10BrN. The predicted molar refractivity (Wildman–Crippen MR) is 59.1 cm³/mol. The van der Waals surface area contributed by atoms with Crippen LogP contribution in [-0.2, 0) is 0 Å². The molecule has 1 nitrogen and oxygen atoms in total. The monoisotopic (exact) mass is 235 g/mol. The van der Waals surface area contributed by atoms with Gasteiger partial charge < -0.3 is 0 Å². The third kappa shape index (κ3) is 1.89. The SMILES string of the molecule is CC1=CCC(c2cccc(Br)c2)=N1. The number of halogens is 1. The van der Waals surface area contributed by atoms with Gasteiger partial charge in [-0.15, -0.1) is 0 Å². The molecule has 13 heavy (non-hydrogen) atoms. The highest BCUT2D eigenvalue weighted by Gasteiger charge is 2.07. The van der Waals surface area contributed by atoms with Crippen LogP contribution in [0.4, 0.5) is 0 Å². The molecule has 1 aliphatic heterocycles. The van der Waals surface area contributed by atoms with Crippen molar-refractivity contribution in [2.45, 2.75) is 13.3 Å². The normalized spacial score (nSPS) is 15.5. The van der Waals surface area contributed by atoms with Crippen LogP contribution >= 0.6 is 15.9 Å². The van der Waals surface area contributed by atoms with E-state index in [0.29, 0.717) is 0 Å². The fraction of sp³-hybridized carbons (Fsp3) is 0.182. The zero-order valence-electron chi connectivity index (χ0n) is 7.42. The van der Waals surface area contributed by atoms with Crippen LogP contribution in [0.15, 0.2) is 45.5 Å². The van der Waals surface area contributed by atoms with E-state index in [9.17, 15) is 0 Å². The summed E-state index contributed by atoms with van der Waals surface area (Å²) in [5, 5.41) is 0. The average Bonchev–Trinajstić information content (AvgIpc) is 2.52. The van der Waals surface area contributed by atoms with Crippen molar-refractivity contribution in [1.29, 1.82) is 0 Å². The van der Waals surface area contributed by atoms with Gasteiger partial charge in [-0.1, -0.05) is 34.1 Å². The maximum atomic E-state index is 4.46. The van der Waals surface area contributed by atoms with Gasteiger partial charge in [0.25, 0.3) is 0 Å². The maximum Gasteiger partial charge on any atom is 0.0517 e. The molecule has 0 spiro atoms. The zero-order chi connectivity index (χ0) is 9.26. The maximum absolute atomic E-state index is 4.46. The van der Waals surface area contributed by atoms with Gasteiger partial charge in [0.1, 0.15) is 0 Å². The van der Waals surface area contributed by atoms with E-state index in [1.54, 1.807) is 0 Å². The van der Waals surface area contributed by atoms with Crippen LogP contribution in [-0.4, -0.2) is 5.71 Å². The Hall–Kier alpha value is -0.890. The summed E-state index contributed by atoms with van der Waals surface area (Å²) in [6, 6.07) is 8.26. The molecule has 0 atom stereocenters. The molecule has 0 N–H and O–H groups in total. The van der Waals surface area contributed by atoms with Crippen LogP contribution in [0, 0.1) is 0 Å². The van der Waals surface area contributed by atoms with Gasteiger partial charge in [0, 0.05) is 16.6 Å². The Kier molecular flexibility index (Phi) is 2.32. The second kappa shape index (κ2) is 3.46. The van der Waals surface area contributed by atoms with Crippen molar-refractivity contribution >= 4 is 21.6 Å². The molecule has 1 aromatic rings. The Labute approximate surface area is 86.3 Å². The summed E-state index contributed by atoms with van der Waals surface area (Å²) >= 11 is 3.45. The molecule has 0 saturated heterocycles. The predicted octanol–water partition coefficient (Wildman–Crippen LogP) is 3.55. The number of rotatable bonds is 1. The fourth-order valence-corrected chi connectivity index (χ4v) is 1.80. The molecule has 0 radical (unpaired) electrons. The Balaban J connectivity index is 2.33. The molecule has 1 aromatic carbocycles. The van der Waals surface area contributed by atoms with E-state index in [1.807, 2.05) is 19.1 Å². The number of hydrogen-bond acceptors (Lipinski definition) is 1. The number of allylic oxidation sites excluding steroid dienone is 2. The standard InChI is InChI=1S/C11H10BrN/c1-8-5-6-11(13-8)9-3-2-4-10(12)7-9/h2-5,7H,6H2,1H3. The first-order valence-corrected chi connectivity index (χ1v) is 5.05. The van der Waals surface area contributed by atoms with Crippen molar-refractivity contribution in [1.82, 2.24) is 0 Å². The van der Waals surface area contributed by atoms with E-state index in [2.05, 4.69) is 39.1 Å². The molecule has 0 fully saturated rings. The zero-order valence-corrected chi connectivity index (χ0v) is 9.01. The van der Waals surface area contributed by atoms with Crippen molar-refractivity contribution in [3.8, 4) is 0 Å². The largest absolute Gasteiger partial charge is 0.258 e.